The third-order valence-corrected chi connectivity index (χ3v) is 3.61. The highest BCUT2D eigenvalue weighted by molar-refractivity contribution is 5.81. The molecule has 0 unspecified atom stereocenters. The van der Waals surface area contributed by atoms with Crippen molar-refractivity contribution in [1.82, 2.24) is 14.3 Å². The standard InChI is InChI=1S/C19H21N3O/c1-13-5-8-15(9-6-13)19-16(11-18(23)21(3)4)22-12-14(2)7-10-17(22)20-19/h5-10,12H,11H2,1-4H3/i2D3,3D3,4D3. The molecule has 4 heteroatoms. The van der Waals surface area contributed by atoms with Crippen molar-refractivity contribution < 1.29 is 17.1 Å². The van der Waals surface area contributed by atoms with Gasteiger partial charge in [0, 0.05) is 38.0 Å². The van der Waals surface area contributed by atoms with Crippen LogP contribution in [0.4, 0.5) is 0 Å². The summed E-state index contributed by atoms with van der Waals surface area (Å²) in [5, 5.41) is 0. The van der Waals surface area contributed by atoms with E-state index in [2.05, 4.69) is 4.98 Å². The molecule has 0 spiro atoms. The number of fused-ring (bicyclic) bond motifs is 1. The Morgan fingerprint density at radius 3 is 2.61 bits per heavy atom. The monoisotopic (exact) mass is 316 g/mol. The Balaban J connectivity index is 2.20. The molecule has 0 fully saturated rings. The molecule has 0 N–H and O–H groups in total. The minimum absolute atomic E-state index is 0.00458. The first-order valence-corrected chi connectivity index (χ1v) is 7.01. The summed E-state index contributed by atoms with van der Waals surface area (Å²) < 4.78 is 69.4. The lowest BCUT2D eigenvalue weighted by Crippen LogP contribution is -2.24. The Labute approximate surface area is 149 Å². The molecule has 1 amide bonds. The van der Waals surface area contributed by atoms with Gasteiger partial charge in [0.05, 0.1) is 17.8 Å². The normalized spacial score (nSPS) is 18.4. The summed E-state index contributed by atoms with van der Waals surface area (Å²) in [6, 6.07) is 10.1. The summed E-state index contributed by atoms with van der Waals surface area (Å²) in [7, 11) is 0. The molecular formula is C19H21N3O. The first kappa shape index (κ1) is 7.77. The number of rotatable bonds is 3. The zero-order valence-corrected chi connectivity index (χ0v) is 12.5. The SMILES string of the molecule is [2H]C([2H])([2H])c1ccc2nc(-c3ccc(C)cc3)c(CC(=O)N(C([2H])([2H])[2H])C([2H])([2H])[2H])n2c1. The maximum absolute atomic E-state index is 12.9. The van der Waals surface area contributed by atoms with Gasteiger partial charge in [-0.2, -0.15) is 0 Å². The van der Waals surface area contributed by atoms with Crippen molar-refractivity contribution in [3.8, 4) is 11.3 Å². The fraction of sp³-hybridized carbons (Fsp3) is 0.263. The fourth-order valence-electron chi connectivity index (χ4n) is 2.43. The Kier molecular flexibility index (Phi) is 1.99. The van der Waals surface area contributed by atoms with Crippen molar-refractivity contribution in [2.24, 2.45) is 0 Å². The van der Waals surface area contributed by atoms with E-state index in [9.17, 15) is 4.79 Å². The summed E-state index contributed by atoms with van der Waals surface area (Å²) in [6.45, 7) is -6.90. The summed E-state index contributed by atoms with van der Waals surface area (Å²) in [6.07, 6.45) is 0.705. The molecule has 0 aliphatic rings. The summed E-state index contributed by atoms with van der Waals surface area (Å²) in [5.41, 5.74) is 2.46. The van der Waals surface area contributed by atoms with E-state index in [1.54, 1.807) is 12.1 Å². The molecule has 0 saturated heterocycles. The van der Waals surface area contributed by atoms with Crippen molar-refractivity contribution in [2.75, 3.05) is 14.0 Å². The minimum Gasteiger partial charge on any atom is -0.348 e. The number of aryl methyl sites for hydroxylation is 2. The van der Waals surface area contributed by atoms with E-state index < -0.39 is 33.1 Å². The van der Waals surface area contributed by atoms with Crippen LogP contribution in [0, 0.1) is 13.8 Å². The molecule has 2 aromatic heterocycles. The van der Waals surface area contributed by atoms with Crippen LogP contribution in [0.5, 0.6) is 0 Å². The number of imidazole rings is 1. The molecule has 2 heterocycles. The topological polar surface area (TPSA) is 37.6 Å². The molecule has 0 aliphatic heterocycles. The number of aromatic nitrogens is 2. The maximum atomic E-state index is 12.9. The van der Waals surface area contributed by atoms with Gasteiger partial charge in [-0.3, -0.25) is 4.79 Å². The number of amides is 1. The highest BCUT2D eigenvalue weighted by Gasteiger charge is 2.18. The molecule has 0 saturated carbocycles. The fourth-order valence-corrected chi connectivity index (χ4v) is 2.43. The van der Waals surface area contributed by atoms with E-state index in [-0.39, 0.29) is 16.2 Å². The molecular weight excluding hydrogens is 286 g/mol. The molecule has 4 nitrogen and oxygen atoms in total. The first-order chi connectivity index (χ1) is 14.6. The van der Waals surface area contributed by atoms with Gasteiger partial charge in [-0.1, -0.05) is 35.9 Å². The van der Waals surface area contributed by atoms with Crippen LogP contribution < -0.4 is 0 Å². The molecule has 3 rings (SSSR count). The molecule has 118 valence electrons. The van der Waals surface area contributed by atoms with Crippen LogP contribution in [0.25, 0.3) is 16.9 Å². The van der Waals surface area contributed by atoms with Crippen LogP contribution in [0.2, 0.25) is 0 Å². The smallest absolute Gasteiger partial charge is 0.228 e. The van der Waals surface area contributed by atoms with Crippen LogP contribution in [0.1, 0.15) is 29.2 Å². The zero-order valence-electron chi connectivity index (χ0n) is 21.5. The molecule has 3 aromatic rings. The average molecular weight is 316 g/mol. The molecule has 23 heavy (non-hydrogen) atoms. The molecule has 0 radical (unpaired) electrons. The molecule has 0 atom stereocenters. The average Bonchev–Trinajstić information content (AvgIpc) is 2.97. The van der Waals surface area contributed by atoms with Gasteiger partial charge in [0.15, 0.2) is 0 Å². The van der Waals surface area contributed by atoms with Gasteiger partial charge in [-0.25, -0.2) is 4.98 Å². The van der Waals surface area contributed by atoms with E-state index in [1.165, 1.54) is 22.7 Å². The highest BCUT2D eigenvalue weighted by atomic mass is 16.2. The van der Waals surface area contributed by atoms with Crippen molar-refractivity contribution in [2.45, 2.75) is 20.2 Å². The number of pyridine rings is 1. The van der Waals surface area contributed by atoms with E-state index in [1.807, 2.05) is 19.1 Å². The highest BCUT2D eigenvalue weighted by Crippen LogP contribution is 2.26. The van der Waals surface area contributed by atoms with E-state index in [0.29, 0.717) is 16.9 Å². The minimum atomic E-state index is -3.18. The van der Waals surface area contributed by atoms with Gasteiger partial charge < -0.3 is 9.30 Å². The number of nitrogens with zero attached hydrogens (tertiary/aromatic N) is 3. The quantitative estimate of drug-likeness (QED) is 0.744. The lowest BCUT2D eigenvalue weighted by Gasteiger charge is -2.11. The predicted molar refractivity (Wildman–Crippen MR) is 92.5 cm³/mol. The molecule has 1 aromatic carbocycles. The zero-order chi connectivity index (χ0) is 24.1. The van der Waals surface area contributed by atoms with Crippen LogP contribution in [0.15, 0.2) is 42.6 Å². The second-order valence-corrected chi connectivity index (χ2v) is 5.33. The Hall–Kier alpha value is -2.62. The van der Waals surface area contributed by atoms with Crippen LogP contribution in [-0.2, 0) is 11.2 Å². The van der Waals surface area contributed by atoms with Crippen molar-refractivity contribution >= 4 is 11.6 Å². The Bertz CT molecular complexity index is 1130. The molecule has 0 bridgehead atoms. The van der Waals surface area contributed by atoms with E-state index >= 15 is 0 Å². The van der Waals surface area contributed by atoms with Crippen LogP contribution >= 0.6 is 0 Å². The summed E-state index contributed by atoms with van der Waals surface area (Å²) in [4.78, 5) is 17.3. The van der Waals surface area contributed by atoms with Gasteiger partial charge in [0.1, 0.15) is 5.65 Å². The van der Waals surface area contributed by atoms with Gasteiger partial charge in [0.2, 0.25) is 5.91 Å². The number of likely N-dealkylation sites (N-methyl/N-ethyl adjacent to an activating group) is 1. The predicted octanol–water partition coefficient (Wildman–Crippen LogP) is 3.25. The number of benzene rings is 1. The number of carbonyl (C=O) groups is 1. The largest absolute Gasteiger partial charge is 0.348 e. The number of hydrogen-bond acceptors (Lipinski definition) is 2. The van der Waals surface area contributed by atoms with E-state index in [0.717, 1.165) is 5.56 Å². The third kappa shape index (κ3) is 2.97. The van der Waals surface area contributed by atoms with Crippen molar-refractivity contribution in [1.29, 1.82) is 0 Å². The first-order valence-electron chi connectivity index (χ1n) is 11.5. The number of carbonyl (C=O) groups excluding carboxylic acids is 1. The third-order valence-electron chi connectivity index (χ3n) is 3.61. The van der Waals surface area contributed by atoms with E-state index in [4.69, 9.17) is 12.3 Å². The van der Waals surface area contributed by atoms with Gasteiger partial charge in [-0.15, -0.1) is 0 Å². The Morgan fingerprint density at radius 2 is 1.91 bits per heavy atom. The maximum Gasteiger partial charge on any atom is 0.228 e. The lowest BCUT2D eigenvalue weighted by atomic mass is 10.1. The van der Waals surface area contributed by atoms with Gasteiger partial charge in [-0.05, 0) is 25.4 Å². The Morgan fingerprint density at radius 1 is 1.17 bits per heavy atom. The van der Waals surface area contributed by atoms with Gasteiger partial charge in [0.25, 0.3) is 0 Å². The van der Waals surface area contributed by atoms with Crippen molar-refractivity contribution in [3.63, 3.8) is 0 Å². The lowest BCUT2D eigenvalue weighted by molar-refractivity contribution is -0.128. The van der Waals surface area contributed by atoms with Crippen molar-refractivity contribution in [3.05, 3.63) is 59.4 Å². The summed E-state index contributed by atoms with van der Waals surface area (Å²) in [5.74, 6) is -1.15. The van der Waals surface area contributed by atoms with Crippen LogP contribution in [0.3, 0.4) is 0 Å². The van der Waals surface area contributed by atoms with Crippen LogP contribution in [-0.4, -0.2) is 34.1 Å². The second kappa shape index (κ2) is 5.88. The summed E-state index contributed by atoms with van der Waals surface area (Å²) >= 11 is 0. The number of hydrogen-bond donors (Lipinski definition) is 0. The second-order valence-electron chi connectivity index (χ2n) is 5.33. The van der Waals surface area contributed by atoms with Gasteiger partial charge >= 0.3 is 0 Å². The molecule has 0 aliphatic carbocycles.